The van der Waals surface area contributed by atoms with Crippen LogP contribution in [0.1, 0.15) is 43.0 Å². The molecule has 0 aromatic carbocycles. The van der Waals surface area contributed by atoms with Crippen molar-refractivity contribution < 1.29 is 9.53 Å². The summed E-state index contributed by atoms with van der Waals surface area (Å²) in [6.07, 6.45) is 5.68. The lowest BCUT2D eigenvalue weighted by Gasteiger charge is -2.28. The normalized spacial score (nSPS) is 23.7. The summed E-state index contributed by atoms with van der Waals surface area (Å²) in [5.41, 5.74) is 0.287. The molecule has 0 N–H and O–H groups in total. The summed E-state index contributed by atoms with van der Waals surface area (Å²) in [5, 5.41) is 0.510. The molecule has 0 radical (unpaired) electrons. The van der Waals surface area contributed by atoms with E-state index < -0.39 is 5.97 Å². The van der Waals surface area contributed by atoms with Crippen LogP contribution in [0.25, 0.3) is 0 Å². The Morgan fingerprint density at radius 1 is 1.39 bits per heavy atom. The van der Waals surface area contributed by atoms with Crippen LogP contribution in [0.15, 0.2) is 12.3 Å². The number of carbonyl (C=O) groups is 1. The molecule has 0 saturated heterocycles. The fourth-order valence-corrected chi connectivity index (χ4v) is 2.57. The minimum atomic E-state index is -0.414. The second kappa shape index (κ2) is 5.89. The van der Waals surface area contributed by atoms with E-state index in [0.29, 0.717) is 5.92 Å². The predicted octanol–water partition coefficient (Wildman–Crippen LogP) is 4.12. The van der Waals surface area contributed by atoms with E-state index in [0.717, 1.165) is 19.3 Å². The van der Waals surface area contributed by atoms with Crippen molar-refractivity contribution in [1.29, 1.82) is 0 Å². The average molecular weight is 288 g/mol. The standard InChI is InChI=1S/C13H15Cl2NO2/c1-8-4-2-3-5-11(8)18-13(17)9-6-12(15)16-7-10(9)14/h6-8,11H,2-5H2,1H3. The predicted molar refractivity (Wildman–Crippen MR) is 71.1 cm³/mol. The number of ether oxygens (including phenoxy) is 1. The van der Waals surface area contributed by atoms with Gasteiger partial charge in [-0.1, -0.05) is 36.5 Å². The van der Waals surface area contributed by atoms with Crippen molar-refractivity contribution in [1.82, 2.24) is 4.98 Å². The Morgan fingerprint density at radius 3 is 2.83 bits per heavy atom. The van der Waals surface area contributed by atoms with Gasteiger partial charge in [-0.3, -0.25) is 0 Å². The number of esters is 1. The molecule has 0 amide bonds. The summed E-state index contributed by atoms with van der Waals surface area (Å²) in [7, 11) is 0. The second-order valence-corrected chi connectivity index (χ2v) is 5.49. The highest BCUT2D eigenvalue weighted by Crippen LogP contribution is 2.28. The highest BCUT2D eigenvalue weighted by atomic mass is 35.5. The lowest BCUT2D eigenvalue weighted by Crippen LogP contribution is -2.28. The van der Waals surface area contributed by atoms with Crippen molar-refractivity contribution in [2.75, 3.05) is 0 Å². The van der Waals surface area contributed by atoms with Gasteiger partial charge in [-0.15, -0.1) is 0 Å². The Morgan fingerprint density at radius 2 is 2.11 bits per heavy atom. The van der Waals surface area contributed by atoms with Crippen LogP contribution in [0.2, 0.25) is 10.2 Å². The average Bonchev–Trinajstić information content (AvgIpc) is 2.35. The lowest BCUT2D eigenvalue weighted by atomic mass is 9.88. The van der Waals surface area contributed by atoms with Crippen LogP contribution in [0.3, 0.4) is 0 Å². The van der Waals surface area contributed by atoms with Gasteiger partial charge in [-0.25, -0.2) is 9.78 Å². The van der Waals surface area contributed by atoms with Gasteiger partial charge in [0.25, 0.3) is 0 Å². The van der Waals surface area contributed by atoms with Gasteiger partial charge in [0.15, 0.2) is 0 Å². The number of hydrogen-bond donors (Lipinski definition) is 0. The highest BCUT2D eigenvalue weighted by molar-refractivity contribution is 6.34. The van der Waals surface area contributed by atoms with Crippen LogP contribution in [0.5, 0.6) is 0 Å². The van der Waals surface area contributed by atoms with E-state index in [1.54, 1.807) is 0 Å². The molecule has 0 spiro atoms. The van der Waals surface area contributed by atoms with E-state index in [-0.39, 0.29) is 21.8 Å². The van der Waals surface area contributed by atoms with Crippen LogP contribution in [-0.2, 0) is 4.74 Å². The van der Waals surface area contributed by atoms with E-state index in [4.69, 9.17) is 27.9 Å². The molecule has 2 atom stereocenters. The maximum atomic E-state index is 12.0. The largest absolute Gasteiger partial charge is 0.458 e. The molecule has 2 rings (SSSR count). The Balaban J connectivity index is 2.09. The summed E-state index contributed by atoms with van der Waals surface area (Å²) >= 11 is 11.7. The monoisotopic (exact) mass is 287 g/mol. The van der Waals surface area contributed by atoms with Gasteiger partial charge in [0.1, 0.15) is 11.3 Å². The Labute approximate surface area is 116 Å². The third-order valence-electron chi connectivity index (χ3n) is 3.33. The van der Waals surface area contributed by atoms with Gasteiger partial charge in [0.2, 0.25) is 0 Å². The first-order valence-corrected chi connectivity index (χ1v) is 6.85. The van der Waals surface area contributed by atoms with Crippen LogP contribution < -0.4 is 0 Å². The first-order chi connectivity index (χ1) is 8.58. The Hall–Kier alpha value is -0.800. The molecule has 0 bridgehead atoms. The molecule has 2 unspecified atom stereocenters. The summed E-state index contributed by atoms with van der Waals surface area (Å²) in [4.78, 5) is 15.8. The van der Waals surface area contributed by atoms with E-state index in [1.165, 1.54) is 18.7 Å². The molecular formula is C13H15Cl2NO2. The van der Waals surface area contributed by atoms with Crippen LogP contribution in [0.4, 0.5) is 0 Å². The third-order valence-corrected chi connectivity index (χ3v) is 3.84. The van der Waals surface area contributed by atoms with E-state index in [9.17, 15) is 4.79 Å². The summed E-state index contributed by atoms with van der Waals surface area (Å²) in [5.74, 6) is -0.0122. The van der Waals surface area contributed by atoms with Gasteiger partial charge in [-0.05, 0) is 31.2 Å². The molecular weight excluding hydrogens is 273 g/mol. The molecule has 18 heavy (non-hydrogen) atoms. The highest BCUT2D eigenvalue weighted by Gasteiger charge is 2.26. The molecule has 0 aliphatic heterocycles. The topological polar surface area (TPSA) is 39.2 Å². The first kappa shape index (κ1) is 13.6. The molecule has 1 aromatic heterocycles. The quantitative estimate of drug-likeness (QED) is 0.607. The third kappa shape index (κ3) is 3.15. The number of hydrogen-bond acceptors (Lipinski definition) is 3. The first-order valence-electron chi connectivity index (χ1n) is 6.10. The number of halogens is 2. The van der Waals surface area contributed by atoms with Crippen molar-refractivity contribution in [2.45, 2.75) is 38.7 Å². The van der Waals surface area contributed by atoms with Crippen molar-refractivity contribution >= 4 is 29.2 Å². The Bertz CT molecular complexity index is 451. The summed E-state index contributed by atoms with van der Waals surface area (Å²) in [6, 6.07) is 1.44. The number of nitrogens with zero attached hydrogens (tertiary/aromatic N) is 1. The smallest absolute Gasteiger partial charge is 0.340 e. The minimum absolute atomic E-state index is 0.0192. The molecule has 5 heteroatoms. The van der Waals surface area contributed by atoms with Crippen LogP contribution in [0, 0.1) is 5.92 Å². The maximum absolute atomic E-state index is 12.0. The molecule has 98 valence electrons. The molecule has 1 aliphatic rings. The van der Waals surface area contributed by atoms with Crippen molar-refractivity contribution in [3.05, 3.63) is 28.0 Å². The molecule has 1 heterocycles. The second-order valence-electron chi connectivity index (χ2n) is 4.69. The van der Waals surface area contributed by atoms with E-state index in [1.807, 2.05) is 0 Å². The molecule has 1 saturated carbocycles. The minimum Gasteiger partial charge on any atom is -0.458 e. The van der Waals surface area contributed by atoms with Gasteiger partial charge in [-0.2, -0.15) is 0 Å². The van der Waals surface area contributed by atoms with Crippen molar-refractivity contribution in [2.24, 2.45) is 5.92 Å². The van der Waals surface area contributed by atoms with Crippen molar-refractivity contribution in [3.8, 4) is 0 Å². The summed E-state index contributed by atoms with van der Waals surface area (Å²) < 4.78 is 5.52. The number of rotatable bonds is 2. The SMILES string of the molecule is CC1CCCCC1OC(=O)c1cc(Cl)ncc1Cl. The van der Waals surface area contributed by atoms with Crippen molar-refractivity contribution in [3.63, 3.8) is 0 Å². The zero-order valence-electron chi connectivity index (χ0n) is 10.2. The molecule has 1 fully saturated rings. The van der Waals surface area contributed by atoms with Crippen LogP contribution >= 0.6 is 23.2 Å². The Kier molecular flexibility index (Phi) is 4.46. The van der Waals surface area contributed by atoms with Gasteiger partial charge < -0.3 is 4.74 Å². The molecule has 1 aliphatic carbocycles. The number of carbonyl (C=O) groups excluding carboxylic acids is 1. The zero-order chi connectivity index (χ0) is 13.1. The number of pyridine rings is 1. The summed E-state index contributed by atoms with van der Waals surface area (Å²) in [6.45, 7) is 2.11. The fourth-order valence-electron chi connectivity index (χ4n) is 2.23. The van der Waals surface area contributed by atoms with Gasteiger partial charge in [0, 0.05) is 6.20 Å². The molecule has 3 nitrogen and oxygen atoms in total. The lowest BCUT2D eigenvalue weighted by molar-refractivity contribution is 0.00482. The van der Waals surface area contributed by atoms with E-state index in [2.05, 4.69) is 11.9 Å². The number of aromatic nitrogens is 1. The van der Waals surface area contributed by atoms with Gasteiger partial charge >= 0.3 is 5.97 Å². The van der Waals surface area contributed by atoms with E-state index >= 15 is 0 Å². The zero-order valence-corrected chi connectivity index (χ0v) is 11.7. The van der Waals surface area contributed by atoms with Crippen LogP contribution in [-0.4, -0.2) is 17.1 Å². The van der Waals surface area contributed by atoms with Gasteiger partial charge in [0.05, 0.1) is 10.6 Å². The molecule has 1 aromatic rings. The fraction of sp³-hybridized carbons (Fsp3) is 0.538. The maximum Gasteiger partial charge on any atom is 0.340 e.